The number of amidine groups is 1. The lowest BCUT2D eigenvalue weighted by Crippen LogP contribution is -2.63. The Labute approximate surface area is 195 Å². The fourth-order valence-electron chi connectivity index (χ4n) is 3.83. The molecule has 3 aromatic rings. The molecule has 1 fully saturated rings. The maximum atomic E-state index is 12.8. The average molecular weight is 466 g/mol. The number of fused-ring (bicyclic) bond motifs is 2. The van der Waals surface area contributed by atoms with E-state index in [1.54, 1.807) is 26.0 Å². The fourth-order valence-corrected chi connectivity index (χ4v) is 5.21. The number of rotatable bonds is 4. The number of β-lactam (4-membered cyclic amide) rings is 1. The summed E-state index contributed by atoms with van der Waals surface area (Å²) in [5.41, 5.74) is 5.76. The number of carbonyl (C=O) groups is 1. The highest BCUT2D eigenvalue weighted by Gasteiger charge is 2.49. The van der Waals surface area contributed by atoms with Gasteiger partial charge in [0.05, 0.1) is 19.9 Å². The molecule has 2 heterocycles. The van der Waals surface area contributed by atoms with Crippen LogP contribution in [0.4, 0.5) is 5.69 Å². The number of nitrogens with one attached hydrogen (secondary N) is 1. The third kappa shape index (κ3) is 3.47. The second kappa shape index (κ2) is 8.41. The first-order valence-corrected chi connectivity index (χ1v) is 11.3. The maximum Gasteiger partial charge on any atom is 0.262 e. The molecule has 2 aliphatic rings. The van der Waals surface area contributed by atoms with E-state index in [2.05, 4.69) is 5.43 Å². The van der Waals surface area contributed by atoms with E-state index in [9.17, 15) is 4.79 Å². The lowest BCUT2D eigenvalue weighted by atomic mass is 9.94. The van der Waals surface area contributed by atoms with Crippen LogP contribution in [0, 0.1) is 0 Å². The predicted molar refractivity (Wildman–Crippen MR) is 125 cm³/mol. The van der Waals surface area contributed by atoms with Crippen LogP contribution in [0.15, 0.2) is 81.5 Å². The molecule has 32 heavy (non-hydrogen) atoms. The summed E-state index contributed by atoms with van der Waals surface area (Å²) in [6.45, 7) is 0. The van der Waals surface area contributed by atoms with Gasteiger partial charge in [0.25, 0.3) is 5.91 Å². The van der Waals surface area contributed by atoms with Crippen LogP contribution in [0.5, 0.6) is 11.5 Å². The van der Waals surface area contributed by atoms with Crippen LogP contribution >= 0.6 is 23.4 Å². The fraction of sp³-hybridized carbons (Fsp3) is 0.167. The molecule has 0 spiro atoms. The predicted octanol–water partition coefficient (Wildman–Crippen LogP) is 4.94. The number of hydrogen-bond donors (Lipinski definition) is 1. The zero-order valence-corrected chi connectivity index (χ0v) is 19.0. The average Bonchev–Trinajstić information content (AvgIpc) is 2.99. The number of aliphatic imine (C=N–C) groups is 1. The smallest absolute Gasteiger partial charge is 0.262 e. The second-order valence-corrected chi connectivity index (χ2v) is 8.85. The number of benzene rings is 3. The molecule has 1 saturated heterocycles. The molecule has 0 aromatic heterocycles. The summed E-state index contributed by atoms with van der Waals surface area (Å²) in [5, 5.41) is 0.787. The van der Waals surface area contributed by atoms with Crippen LogP contribution in [-0.2, 0) is 4.79 Å². The molecule has 8 heteroatoms. The van der Waals surface area contributed by atoms with Gasteiger partial charge >= 0.3 is 0 Å². The first-order chi connectivity index (χ1) is 15.6. The molecular weight excluding hydrogens is 446 g/mol. The number of amides is 1. The van der Waals surface area contributed by atoms with Crippen LogP contribution < -0.4 is 14.9 Å². The number of carbonyl (C=O) groups excluding carboxylic acids is 1. The minimum atomic E-state index is -0.730. The van der Waals surface area contributed by atoms with E-state index >= 15 is 0 Å². The van der Waals surface area contributed by atoms with Crippen LogP contribution in [0.2, 0.25) is 0 Å². The van der Waals surface area contributed by atoms with Gasteiger partial charge in [-0.3, -0.25) is 10.2 Å². The van der Waals surface area contributed by atoms with Gasteiger partial charge in [0.2, 0.25) is 0 Å². The highest BCUT2D eigenvalue weighted by atomic mass is 35.5. The number of hydrazine groups is 1. The summed E-state index contributed by atoms with van der Waals surface area (Å²) in [6.07, 6.45) is 0. The van der Waals surface area contributed by atoms with Gasteiger partial charge in [-0.1, -0.05) is 42.1 Å². The van der Waals surface area contributed by atoms with Crippen molar-refractivity contribution in [3.8, 4) is 11.5 Å². The van der Waals surface area contributed by atoms with Crippen molar-refractivity contribution in [1.29, 1.82) is 0 Å². The van der Waals surface area contributed by atoms with Gasteiger partial charge in [0.1, 0.15) is 22.9 Å². The summed E-state index contributed by atoms with van der Waals surface area (Å²) >= 11 is 8.13. The summed E-state index contributed by atoms with van der Waals surface area (Å²) in [4.78, 5) is 19.8. The molecule has 3 aromatic carbocycles. The molecule has 0 aliphatic carbocycles. The molecule has 0 unspecified atom stereocenters. The van der Waals surface area contributed by atoms with Gasteiger partial charge in [0.15, 0.2) is 5.84 Å². The lowest BCUT2D eigenvalue weighted by Gasteiger charge is -2.45. The molecule has 162 valence electrons. The Hall–Kier alpha value is -3.16. The highest BCUT2D eigenvalue weighted by molar-refractivity contribution is 7.99. The first kappa shape index (κ1) is 20.7. The first-order valence-electron chi connectivity index (χ1n) is 10.0. The minimum Gasteiger partial charge on any atom is -0.497 e. The number of para-hydroxylation sites is 1. The van der Waals surface area contributed by atoms with E-state index in [0.717, 1.165) is 26.6 Å². The van der Waals surface area contributed by atoms with Crippen molar-refractivity contribution in [3.05, 3.63) is 77.9 Å². The molecule has 1 amide bonds. The van der Waals surface area contributed by atoms with Gasteiger partial charge in [-0.05, 0) is 36.4 Å². The van der Waals surface area contributed by atoms with Crippen molar-refractivity contribution < 1.29 is 14.3 Å². The summed E-state index contributed by atoms with van der Waals surface area (Å²) in [7, 11) is 3.19. The molecule has 2 atom stereocenters. The van der Waals surface area contributed by atoms with E-state index in [-0.39, 0.29) is 5.91 Å². The third-order valence-electron chi connectivity index (χ3n) is 5.47. The van der Waals surface area contributed by atoms with Crippen LogP contribution in [0.25, 0.3) is 0 Å². The second-order valence-electron chi connectivity index (χ2n) is 7.30. The Bertz CT molecular complexity index is 1230. The largest absolute Gasteiger partial charge is 0.497 e. The zero-order chi connectivity index (χ0) is 22.2. The molecule has 1 N–H and O–H groups in total. The SMILES string of the molecule is COc1ccc(OC)c([C@@H]2[C@@H](Cl)C(=O)N2NC2=Nc3ccccc3Sc3ccccc32)c1. The standard InChI is InChI=1S/C24H20ClN3O3S/c1-30-14-11-12-18(31-2)16(13-14)22-21(25)24(29)28(22)27-23-15-7-3-5-9-19(15)32-20-10-6-4-8-17(20)26-23/h3-13,21-22H,1-2H3,(H,26,27)/t21-,22-/m1/s1. The number of nitrogens with zero attached hydrogens (tertiary/aromatic N) is 2. The number of hydrogen-bond acceptors (Lipinski definition) is 6. The Morgan fingerprint density at radius 3 is 2.53 bits per heavy atom. The van der Waals surface area contributed by atoms with Crippen molar-refractivity contribution in [2.45, 2.75) is 21.2 Å². The van der Waals surface area contributed by atoms with Gasteiger partial charge in [-0.15, -0.1) is 11.6 Å². The topological polar surface area (TPSA) is 63.2 Å². The Kier molecular flexibility index (Phi) is 5.45. The van der Waals surface area contributed by atoms with Crippen LogP contribution in [0.3, 0.4) is 0 Å². The number of methoxy groups -OCH3 is 2. The monoisotopic (exact) mass is 465 g/mol. The molecule has 0 radical (unpaired) electrons. The molecule has 2 aliphatic heterocycles. The Morgan fingerprint density at radius 1 is 1.00 bits per heavy atom. The Balaban J connectivity index is 1.55. The van der Waals surface area contributed by atoms with E-state index < -0.39 is 11.4 Å². The van der Waals surface area contributed by atoms with Crippen molar-refractivity contribution in [1.82, 2.24) is 10.4 Å². The van der Waals surface area contributed by atoms with Crippen LogP contribution in [0.1, 0.15) is 17.2 Å². The van der Waals surface area contributed by atoms with Crippen molar-refractivity contribution in [2.75, 3.05) is 14.2 Å². The van der Waals surface area contributed by atoms with E-state index in [0.29, 0.717) is 17.3 Å². The van der Waals surface area contributed by atoms with Crippen LogP contribution in [-0.4, -0.2) is 36.3 Å². The van der Waals surface area contributed by atoms with E-state index in [4.69, 9.17) is 26.1 Å². The van der Waals surface area contributed by atoms with Gasteiger partial charge < -0.3 is 9.47 Å². The minimum absolute atomic E-state index is 0.230. The van der Waals surface area contributed by atoms with E-state index in [1.807, 2.05) is 66.7 Å². The van der Waals surface area contributed by atoms with Gasteiger partial charge in [-0.2, -0.15) is 0 Å². The molecule has 6 nitrogen and oxygen atoms in total. The quantitative estimate of drug-likeness (QED) is 0.436. The third-order valence-corrected chi connectivity index (χ3v) is 7.04. The number of halogens is 1. The van der Waals surface area contributed by atoms with E-state index in [1.165, 1.54) is 5.01 Å². The van der Waals surface area contributed by atoms with Crippen molar-refractivity contribution >= 4 is 40.8 Å². The number of alkyl halides is 1. The van der Waals surface area contributed by atoms with Gasteiger partial charge in [0, 0.05) is 20.9 Å². The molecule has 5 rings (SSSR count). The summed E-state index contributed by atoms with van der Waals surface area (Å²) in [5.74, 6) is 1.64. The molecule has 0 saturated carbocycles. The number of ether oxygens (including phenoxy) is 2. The molecular formula is C24H20ClN3O3S. The maximum absolute atomic E-state index is 12.8. The van der Waals surface area contributed by atoms with Gasteiger partial charge in [-0.25, -0.2) is 10.0 Å². The Morgan fingerprint density at radius 2 is 1.75 bits per heavy atom. The lowest BCUT2D eigenvalue weighted by molar-refractivity contribution is -0.148. The zero-order valence-electron chi connectivity index (χ0n) is 17.4. The van der Waals surface area contributed by atoms with Crippen molar-refractivity contribution in [3.63, 3.8) is 0 Å². The van der Waals surface area contributed by atoms with Crippen molar-refractivity contribution in [2.24, 2.45) is 4.99 Å². The summed E-state index contributed by atoms with van der Waals surface area (Å²) in [6, 6.07) is 20.9. The molecule has 0 bridgehead atoms. The summed E-state index contributed by atoms with van der Waals surface area (Å²) < 4.78 is 10.9. The highest BCUT2D eigenvalue weighted by Crippen LogP contribution is 2.44. The normalized spacial score (nSPS) is 19.2.